The van der Waals surface area contributed by atoms with Crippen molar-refractivity contribution in [2.45, 2.75) is 38.6 Å². The number of Topliss-reactive ketones (excluding diaryl/α,β-unsaturated/α-hetero) is 1. The van der Waals surface area contributed by atoms with Gasteiger partial charge in [-0.2, -0.15) is 0 Å². The van der Waals surface area contributed by atoms with Crippen LogP contribution >= 0.6 is 11.6 Å². The number of halogens is 1. The number of fused-ring (bicyclic) bond motifs is 1. The van der Waals surface area contributed by atoms with Crippen LogP contribution in [0.15, 0.2) is 42.5 Å². The van der Waals surface area contributed by atoms with Gasteiger partial charge in [-0.25, -0.2) is 0 Å². The van der Waals surface area contributed by atoms with Crippen molar-refractivity contribution in [3.63, 3.8) is 0 Å². The van der Waals surface area contributed by atoms with Gasteiger partial charge in [0.1, 0.15) is 5.69 Å². The largest absolute Gasteiger partial charge is 0.382 e. The Morgan fingerprint density at radius 1 is 1.19 bits per heavy atom. The third-order valence-electron chi connectivity index (χ3n) is 6.60. The maximum absolute atomic E-state index is 13.4. The fourth-order valence-corrected chi connectivity index (χ4v) is 4.57. The monoisotopic (exact) mass is 452 g/mol. The molecular weight excluding hydrogens is 424 g/mol. The molecule has 1 N–H and O–H groups in total. The number of nitrogens with one attached hydrogen (secondary N) is 1. The minimum Gasteiger partial charge on any atom is -0.382 e. The van der Waals surface area contributed by atoms with Crippen molar-refractivity contribution < 1.29 is 14.3 Å². The lowest BCUT2D eigenvalue weighted by atomic mass is 9.86. The number of hydrogen-bond acceptors (Lipinski definition) is 3. The zero-order valence-corrected chi connectivity index (χ0v) is 19.8. The highest BCUT2D eigenvalue weighted by atomic mass is 35.5. The molecule has 6 heteroatoms. The number of ether oxygens (including phenoxy) is 1. The molecule has 0 saturated heterocycles. The Kier molecular flexibility index (Phi) is 6.15. The number of aryl methyl sites for hydroxylation is 2. The average Bonchev–Trinajstić information content (AvgIpc) is 3.59. The van der Waals surface area contributed by atoms with Crippen molar-refractivity contribution in [3.8, 4) is 0 Å². The van der Waals surface area contributed by atoms with E-state index in [-0.39, 0.29) is 17.6 Å². The van der Waals surface area contributed by atoms with Crippen LogP contribution in [0.4, 0.5) is 0 Å². The first-order valence-corrected chi connectivity index (χ1v) is 11.4. The fourth-order valence-electron chi connectivity index (χ4n) is 4.35. The normalized spacial score (nSPS) is 15.5. The van der Waals surface area contributed by atoms with Gasteiger partial charge in [0.25, 0.3) is 5.91 Å². The second kappa shape index (κ2) is 8.72. The van der Waals surface area contributed by atoms with E-state index >= 15 is 0 Å². The molecule has 0 radical (unpaired) electrons. The van der Waals surface area contributed by atoms with Crippen molar-refractivity contribution in [1.82, 2.24) is 9.88 Å². The molecule has 168 valence electrons. The number of aromatic nitrogens is 1. The Morgan fingerprint density at radius 3 is 2.47 bits per heavy atom. The summed E-state index contributed by atoms with van der Waals surface area (Å²) in [5.74, 6) is 0.184. The predicted molar refractivity (Wildman–Crippen MR) is 127 cm³/mol. The van der Waals surface area contributed by atoms with E-state index in [1.54, 1.807) is 7.11 Å². The summed E-state index contributed by atoms with van der Waals surface area (Å²) in [6, 6.07) is 13.4. The van der Waals surface area contributed by atoms with Crippen LogP contribution in [0.25, 0.3) is 10.9 Å². The van der Waals surface area contributed by atoms with Crippen molar-refractivity contribution in [3.05, 3.63) is 69.9 Å². The molecule has 32 heavy (non-hydrogen) atoms. The van der Waals surface area contributed by atoms with Gasteiger partial charge in [-0.3, -0.25) is 9.59 Å². The van der Waals surface area contributed by atoms with Crippen molar-refractivity contribution in [2.24, 2.45) is 13.0 Å². The van der Waals surface area contributed by atoms with Crippen LogP contribution in [0.3, 0.4) is 0 Å². The Labute approximate surface area is 193 Å². The number of nitrogens with zero attached hydrogens (tertiary/aromatic N) is 1. The van der Waals surface area contributed by atoms with Gasteiger partial charge in [0.05, 0.1) is 17.2 Å². The maximum Gasteiger partial charge on any atom is 0.268 e. The molecule has 2 aromatic carbocycles. The minimum atomic E-state index is -0.719. The second-order valence-corrected chi connectivity index (χ2v) is 9.13. The zero-order chi connectivity index (χ0) is 23.0. The summed E-state index contributed by atoms with van der Waals surface area (Å²) >= 11 is 6.50. The van der Waals surface area contributed by atoms with Gasteiger partial charge >= 0.3 is 0 Å². The summed E-state index contributed by atoms with van der Waals surface area (Å²) in [4.78, 5) is 25.8. The standard InChI is InChI=1S/C26H29ClN2O3/c1-5-26(15-32-4,19-11-9-18(10-12-19)24(30)17-7-8-17)28-25(31)22-14-20-21(29(22)3)13-6-16(2)23(20)27/h6,9-14,17H,5,7-8,15H2,1-4H3,(H,28,31). The molecule has 1 amide bonds. The van der Waals surface area contributed by atoms with Gasteiger partial charge in [-0.15, -0.1) is 0 Å². The minimum absolute atomic E-state index is 0.178. The smallest absolute Gasteiger partial charge is 0.268 e. The molecule has 0 bridgehead atoms. The predicted octanol–water partition coefficient (Wildman–Crippen LogP) is 5.41. The van der Waals surface area contributed by atoms with Crippen LogP contribution in [0.2, 0.25) is 5.02 Å². The molecule has 1 atom stereocenters. The van der Waals surface area contributed by atoms with E-state index in [1.807, 2.05) is 67.9 Å². The average molecular weight is 453 g/mol. The lowest BCUT2D eigenvalue weighted by Gasteiger charge is -2.34. The molecule has 0 aliphatic heterocycles. The summed E-state index contributed by atoms with van der Waals surface area (Å²) in [6.07, 6.45) is 2.59. The number of benzene rings is 2. The summed E-state index contributed by atoms with van der Waals surface area (Å²) < 4.78 is 7.39. The van der Waals surface area contributed by atoms with E-state index in [9.17, 15) is 9.59 Å². The highest BCUT2D eigenvalue weighted by Crippen LogP contribution is 2.34. The number of ketones is 1. The van der Waals surface area contributed by atoms with Crippen LogP contribution in [-0.2, 0) is 17.3 Å². The molecule has 1 aliphatic rings. The van der Waals surface area contributed by atoms with E-state index in [4.69, 9.17) is 16.3 Å². The molecule has 1 aliphatic carbocycles. The van der Waals surface area contributed by atoms with Crippen LogP contribution in [0, 0.1) is 12.8 Å². The second-order valence-electron chi connectivity index (χ2n) is 8.76. The molecule has 0 spiro atoms. The summed E-state index contributed by atoms with van der Waals surface area (Å²) in [5.41, 5.74) is 3.33. The quantitative estimate of drug-likeness (QED) is 0.464. The van der Waals surface area contributed by atoms with Gasteiger partial charge in [-0.05, 0) is 49.4 Å². The Morgan fingerprint density at radius 2 is 1.88 bits per heavy atom. The van der Waals surface area contributed by atoms with Crippen molar-refractivity contribution >= 4 is 34.2 Å². The molecule has 1 heterocycles. The van der Waals surface area contributed by atoms with E-state index in [2.05, 4.69) is 5.32 Å². The van der Waals surface area contributed by atoms with Crippen LogP contribution in [0.1, 0.15) is 58.2 Å². The topological polar surface area (TPSA) is 60.3 Å². The summed E-state index contributed by atoms with van der Waals surface area (Å²) in [7, 11) is 3.49. The van der Waals surface area contributed by atoms with Crippen LogP contribution < -0.4 is 5.32 Å². The van der Waals surface area contributed by atoms with Crippen LogP contribution in [0.5, 0.6) is 0 Å². The number of amides is 1. The SMILES string of the molecule is CCC(COC)(NC(=O)c1cc2c(Cl)c(C)ccc2n1C)c1ccc(C(=O)C2CC2)cc1. The molecule has 1 aromatic heterocycles. The Bertz CT molecular complexity index is 1180. The maximum atomic E-state index is 13.4. The Balaban J connectivity index is 1.67. The molecular formula is C26H29ClN2O3. The summed E-state index contributed by atoms with van der Waals surface area (Å²) in [6.45, 7) is 4.28. The highest BCUT2D eigenvalue weighted by Gasteiger charge is 2.35. The van der Waals surface area contributed by atoms with E-state index in [0.717, 1.165) is 40.4 Å². The van der Waals surface area contributed by atoms with Crippen LogP contribution in [-0.4, -0.2) is 30.0 Å². The fraction of sp³-hybridized carbons (Fsp3) is 0.385. The third-order valence-corrected chi connectivity index (χ3v) is 7.11. The van der Waals surface area contributed by atoms with E-state index < -0.39 is 5.54 Å². The van der Waals surface area contributed by atoms with Gasteiger partial charge in [0, 0.05) is 36.5 Å². The lowest BCUT2D eigenvalue weighted by molar-refractivity contribution is 0.0729. The number of methoxy groups -OCH3 is 1. The molecule has 1 saturated carbocycles. The first-order valence-electron chi connectivity index (χ1n) is 11.0. The van der Waals surface area contributed by atoms with Gasteiger partial charge < -0.3 is 14.6 Å². The van der Waals surface area contributed by atoms with Crippen molar-refractivity contribution in [2.75, 3.05) is 13.7 Å². The zero-order valence-electron chi connectivity index (χ0n) is 19.0. The van der Waals surface area contributed by atoms with E-state index in [1.165, 1.54) is 0 Å². The molecule has 5 nitrogen and oxygen atoms in total. The Hall–Kier alpha value is -2.63. The van der Waals surface area contributed by atoms with E-state index in [0.29, 0.717) is 23.7 Å². The third kappa shape index (κ3) is 3.96. The number of carbonyl (C=O) groups excluding carboxylic acids is 2. The number of carbonyl (C=O) groups is 2. The highest BCUT2D eigenvalue weighted by molar-refractivity contribution is 6.36. The van der Waals surface area contributed by atoms with Gasteiger partial charge in [-0.1, -0.05) is 48.9 Å². The molecule has 3 aromatic rings. The lowest BCUT2D eigenvalue weighted by Crippen LogP contribution is -2.49. The first-order chi connectivity index (χ1) is 15.3. The molecule has 4 rings (SSSR count). The summed E-state index contributed by atoms with van der Waals surface area (Å²) in [5, 5.41) is 4.74. The number of hydrogen-bond donors (Lipinski definition) is 1. The first kappa shape index (κ1) is 22.6. The molecule has 1 unspecified atom stereocenters. The molecule has 1 fully saturated rings. The number of rotatable bonds is 8. The van der Waals surface area contributed by atoms with Gasteiger partial charge in [0.2, 0.25) is 0 Å². The van der Waals surface area contributed by atoms with Crippen molar-refractivity contribution in [1.29, 1.82) is 0 Å². The van der Waals surface area contributed by atoms with Gasteiger partial charge in [0.15, 0.2) is 5.78 Å².